The van der Waals surface area contributed by atoms with E-state index in [0.717, 1.165) is 35.4 Å². The van der Waals surface area contributed by atoms with Crippen LogP contribution in [0.25, 0.3) is 0 Å². The fourth-order valence-corrected chi connectivity index (χ4v) is 5.24. The number of aryl methyl sites for hydroxylation is 2. The van der Waals surface area contributed by atoms with Crippen LogP contribution in [0, 0.1) is 13.8 Å². The number of rotatable bonds is 8. The third kappa shape index (κ3) is 4.32. The summed E-state index contributed by atoms with van der Waals surface area (Å²) in [6.07, 6.45) is 5.14. The molecule has 1 aromatic carbocycles. The van der Waals surface area contributed by atoms with Crippen molar-refractivity contribution in [2.45, 2.75) is 64.1 Å². The molecule has 0 bridgehead atoms. The molecule has 8 heteroatoms. The van der Waals surface area contributed by atoms with E-state index in [9.17, 15) is 14.4 Å². The number of carbonyl (C=O) groups excluding carboxylic acids is 3. The lowest BCUT2D eigenvalue weighted by Crippen LogP contribution is -2.44. The van der Waals surface area contributed by atoms with Gasteiger partial charge >= 0.3 is 0 Å². The van der Waals surface area contributed by atoms with Crippen LogP contribution in [-0.4, -0.2) is 48.3 Å². The molecule has 0 unspecified atom stereocenters. The first kappa shape index (κ1) is 23.9. The molecule has 8 nitrogen and oxygen atoms in total. The Morgan fingerprint density at radius 3 is 2.47 bits per heavy atom. The number of hydrogen-bond donors (Lipinski definition) is 0. The molecule has 2 fully saturated rings. The lowest BCUT2D eigenvalue weighted by atomic mass is 9.75. The minimum Gasteiger partial charge on any atom is -0.335 e. The second-order valence-electron chi connectivity index (χ2n) is 9.97. The van der Waals surface area contributed by atoms with Crippen molar-refractivity contribution >= 4 is 17.7 Å². The zero-order chi connectivity index (χ0) is 25.4. The van der Waals surface area contributed by atoms with Gasteiger partial charge in [0.05, 0.1) is 17.7 Å². The quantitative estimate of drug-likeness (QED) is 0.457. The molecule has 0 spiro atoms. The standard InChI is InChI=1S/C28H31N5O3/c1-19-24(20(2)31(3)30-19)18-32(23-11-12-23)25(34)14-28(22-9-5-4-6-10-22)15-26(35)33(27(28)36)17-21-8-7-13-29-16-21/h4-10,13,16,23H,11-12,14-15,17-18H2,1-3H3/t28-/m1/s1. The largest absolute Gasteiger partial charge is 0.335 e. The van der Waals surface area contributed by atoms with Crippen LogP contribution < -0.4 is 0 Å². The topological polar surface area (TPSA) is 88.4 Å². The van der Waals surface area contributed by atoms with Crippen LogP contribution in [0.5, 0.6) is 0 Å². The van der Waals surface area contributed by atoms with Crippen molar-refractivity contribution in [3.05, 3.63) is 82.9 Å². The van der Waals surface area contributed by atoms with Crippen LogP contribution in [-0.2, 0) is 39.9 Å². The van der Waals surface area contributed by atoms with Crippen LogP contribution >= 0.6 is 0 Å². The molecule has 36 heavy (non-hydrogen) atoms. The lowest BCUT2D eigenvalue weighted by molar-refractivity contribution is -0.143. The van der Waals surface area contributed by atoms with Crippen molar-refractivity contribution in [3.8, 4) is 0 Å². The highest BCUT2D eigenvalue weighted by Gasteiger charge is 2.54. The Kier molecular flexibility index (Phi) is 6.20. The summed E-state index contributed by atoms with van der Waals surface area (Å²) in [5.41, 5.74) is 3.23. The average Bonchev–Trinajstić information content (AvgIpc) is 3.65. The Morgan fingerprint density at radius 2 is 1.86 bits per heavy atom. The Morgan fingerprint density at radius 1 is 1.11 bits per heavy atom. The number of benzene rings is 1. The summed E-state index contributed by atoms with van der Waals surface area (Å²) in [5, 5.41) is 4.51. The fraction of sp³-hybridized carbons (Fsp3) is 0.393. The highest BCUT2D eigenvalue weighted by atomic mass is 16.2. The first-order chi connectivity index (χ1) is 17.3. The number of imide groups is 1. The number of carbonyl (C=O) groups is 3. The smallest absolute Gasteiger partial charge is 0.241 e. The number of amides is 3. The van der Waals surface area contributed by atoms with Gasteiger partial charge < -0.3 is 4.90 Å². The number of pyridine rings is 1. The summed E-state index contributed by atoms with van der Waals surface area (Å²) in [6.45, 7) is 4.57. The maximum atomic E-state index is 14.0. The summed E-state index contributed by atoms with van der Waals surface area (Å²) in [7, 11) is 1.90. The number of aromatic nitrogens is 3. The zero-order valence-corrected chi connectivity index (χ0v) is 21.0. The van der Waals surface area contributed by atoms with Gasteiger partial charge in [0.2, 0.25) is 17.7 Å². The molecule has 2 aliphatic rings. The summed E-state index contributed by atoms with van der Waals surface area (Å²) in [5.74, 6) is -0.689. The van der Waals surface area contributed by atoms with E-state index in [1.54, 1.807) is 18.5 Å². The summed E-state index contributed by atoms with van der Waals surface area (Å²) < 4.78 is 1.83. The van der Waals surface area contributed by atoms with Gasteiger partial charge in [-0.2, -0.15) is 5.10 Å². The third-order valence-corrected chi connectivity index (χ3v) is 7.55. The van der Waals surface area contributed by atoms with E-state index < -0.39 is 5.41 Å². The molecule has 2 aromatic heterocycles. The molecule has 186 valence electrons. The van der Waals surface area contributed by atoms with Crippen LogP contribution in [0.1, 0.15) is 53.8 Å². The minimum absolute atomic E-state index is 0.0225. The van der Waals surface area contributed by atoms with Crippen LogP contribution in [0.15, 0.2) is 54.9 Å². The summed E-state index contributed by atoms with van der Waals surface area (Å²) in [4.78, 5) is 48.4. The number of hydrogen-bond acceptors (Lipinski definition) is 5. The van der Waals surface area contributed by atoms with Gasteiger partial charge in [0, 0.05) is 56.1 Å². The molecule has 1 aliphatic carbocycles. The molecule has 1 saturated carbocycles. The predicted octanol–water partition coefficient (Wildman–Crippen LogP) is 3.21. The van der Waals surface area contributed by atoms with E-state index >= 15 is 0 Å². The highest BCUT2D eigenvalue weighted by molar-refractivity contribution is 6.10. The molecule has 3 heterocycles. The van der Waals surface area contributed by atoms with Gasteiger partial charge in [-0.1, -0.05) is 36.4 Å². The van der Waals surface area contributed by atoms with Gasteiger partial charge in [0.1, 0.15) is 0 Å². The van der Waals surface area contributed by atoms with E-state index in [1.165, 1.54) is 4.90 Å². The van der Waals surface area contributed by atoms with E-state index in [0.29, 0.717) is 12.1 Å². The first-order valence-electron chi connectivity index (χ1n) is 12.4. The monoisotopic (exact) mass is 485 g/mol. The Hall–Kier alpha value is -3.81. The molecule has 3 amide bonds. The molecule has 3 aromatic rings. The highest BCUT2D eigenvalue weighted by Crippen LogP contribution is 2.42. The number of nitrogens with zero attached hydrogens (tertiary/aromatic N) is 5. The van der Waals surface area contributed by atoms with Crippen molar-refractivity contribution in [2.75, 3.05) is 0 Å². The zero-order valence-electron chi connectivity index (χ0n) is 21.0. The van der Waals surface area contributed by atoms with Gasteiger partial charge in [0.15, 0.2) is 0 Å². The molecule has 1 saturated heterocycles. The maximum absolute atomic E-state index is 14.0. The van der Waals surface area contributed by atoms with Crippen molar-refractivity contribution in [3.63, 3.8) is 0 Å². The van der Waals surface area contributed by atoms with Crippen molar-refractivity contribution in [2.24, 2.45) is 7.05 Å². The first-order valence-corrected chi connectivity index (χ1v) is 12.4. The molecule has 0 N–H and O–H groups in total. The van der Waals surface area contributed by atoms with Gasteiger partial charge in [-0.15, -0.1) is 0 Å². The third-order valence-electron chi connectivity index (χ3n) is 7.55. The van der Waals surface area contributed by atoms with Gasteiger partial charge in [0.25, 0.3) is 0 Å². The summed E-state index contributed by atoms with van der Waals surface area (Å²) in [6, 6.07) is 13.1. The Balaban J connectivity index is 1.46. The molecule has 0 radical (unpaired) electrons. The molecule has 1 atom stereocenters. The Labute approximate surface area is 210 Å². The number of likely N-dealkylation sites (tertiary alicyclic amines) is 1. The van der Waals surface area contributed by atoms with Crippen molar-refractivity contribution < 1.29 is 14.4 Å². The Bertz CT molecular complexity index is 1300. The molecular formula is C28H31N5O3. The normalized spacial score (nSPS) is 19.7. The second kappa shape index (κ2) is 9.33. The fourth-order valence-electron chi connectivity index (χ4n) is 5.24. The maximum Gasteiger partial charge on any atom is 0.241 e. The average molecular weight is 486 g/mol. The van der Waals surface area contributed by atoms with Gasteiger partial charge in [-0.05, 0) is 43.9 Å². The second-order valence-corrected chi connectivity index (χ2v) is 9.97. The van der Waals surface area contributed by atoms with Gasteiger partial charge in [-0.25, -0.2) is 0 Å². The van der Waals surface area contributed by atoms with E-state index in [1.807, 2.05) is 66.9 Å². The van der Waals surface area contributed by atoms with E-state index in [2.05, 4.69) is 10.1 Å². The van der Waals surface area contributed by atoms with Crippen molar-refractivity contribution in [1.82, 2.24) is 24.6 Å². The molecule has 1 aliphatic heterocycles. The lowest BCUT2D eigenvalue weighted by Gasteiger charge is -2.31. The van der Waals surface area contributed by atoms with Gasteiger partial charge in [-0.3, -0.25) is 28.9 Å². The van der Waals surface area contributed by atoms with E-state index in [-0.39, 0.29) is 43.1 Å². The summed E-state index contributed by atoms with van der Waals surface area (Å²) >= 11 is 0. The SMILES string of the molecule is Cc1nn(C)c(C)c1CN(C(=O)C[C@]1(c2ccccc2)CC(=O)N(Cc2cccnc2)C1=O)C1CC1. The molecule has 5 rings (SSSR count). The van der Waals surface area contributed by atoms with Crippen LogP contribution in [0.4, 0.5) is 0 Å². The van der Waals surface area contributed by atoms with Crippen LogP contribution in [0.3, 0.4) is 0 Å². The minimum atomic E-state index is -1.22. The van der Waals surface area contributed by atoms with E-state index in [4.69, 9.17) is 0 Å². The van der Waals surface area contributed by atoms with Crippen molar-refractivity contribution in [1.29, 1.82) is 0 Å². The predicted molar refractivity (Wildman–Crippen MR) is 133 cm³/mol. The molecular weight excluding hydrogens is 454 g/mol. The van der Waals surface area contributed by atoms with Crippen LogP contribution in [0.2, 0.25) is 0 Å².